The SMILES string of the molecule is Cc1nnc(Nc2cccc(C(N)=O)c2)c(C#N)c1C. The van der Waals surface area contributed by atoms with Gasteiger partial charge in [-0.15, -0.1) is 5.10 Å². The third-order valence-electron chi connectivity index (χ3n) is 2.98. The van der Waals surface area contributed by atoms with Crippen molar-refractivity contribution in [2.75, 3.05) is 5.32 Å². The zero-order valence-electron chi connectivity index (χ0n) is 11.1. The summed E-state index contributed by atoms with van der Waals surface area (Å²) in [4.78, 5) is 11.1. The van der Waals surface area contributed by atoms with Gasteiger partial charge < -0.3 is 11.1 Å². The Morgan fingerprint density at radius 3 is 2.75 bits per heavy atom. The van der Waals surface area contributed by atoms with Crippen LogP contribution in [0, 0.1) is 25.2 Å². The Morgan fingerprint density at radius 2 is 2.10 bits per heavy atom. The number of benzene rings is 1. The average Bonchev–Trinajstić information content (AvgIpc) is 2.43. The molecule has 0 aliphatic rings. The Hall–Kier alpha value is -2.94. The van der Waals surface area contributed by atoms with Gasteiger partial charge in [-0.3, -0.25) is 4.79 Å². The summed E-state index contributed by atoms with van der Waals surface area (Å²) in [6.07, 6.45) is 0. The number of aromatic nitrogens is 2. The summed E-state index contributed by atoms with van der Waals surface area (Å²) in [5.74, 6) is -0.155. The van der Waals surface area contributed by atoms with Gasteiger partial charge in [-0.25, -0.2) is 0 Å². The number of primary amides is 1. The molecule has 6 heteroatoms. The summed E-state index contributed by atoms with van der Waals surface area (Å²) < 4.78 is 0. The van der Waals surface area contributed by atoms with Crippen LogP contribution >= 0.6 is 0 Å². The van der Waals surface area contributed by atoms with Gasteiger partial charge in [-0.2, -0.15) is 10.4 Å². The molecule has 0 aliphatic heterocycles. The Balaban J connectivity index is 2.41. The first-order valence-corrected chi connectivity index (χ1v) is 5.93. The lowest BCUT2D eigenvalue weighted by Crippen LogP contribution is -2.11. The topological polar surface area (TPSA) is 105 Å². The van der Waals surface area contributed by atoms with Crippen LogP contribution in [0.4, 0.5) is 11.5 Å². The monoisotopic (exact) mass is 267 g/mol. The summed E-state index contributed by atoms with van der Waals surface area (Å²) in [7, 11) is 0. The molecule has 0 aliphatic carbocycles. The Morgan fingerprint density at radius 1 is 1.35 bits per heavy atom. The van der Waals surface area contributed by atoms with Crippen molar-refractivity contribution in [3.8, 4) is 6.07 Å². The van der Waals surface area contributed by atoms with E-state index in [1.54, 1.807) is 31.2 Å². The second-order valence-electron chi connectivity index (χ2n) is 4.32. The molecule has 1 aromatic heterocycles. The van der Waals surface area contributed by atoms with Crippen LogP contribution in [0.1, 0.15) is 27.2 Å². The summed E-state index contributed by atoms with van der Waals surface area (Å²) in [6.45, 7) is 3.61. The van der Waals surface area contributed by atoms with Crippen molar-refractivity contribution in [1.82, 2.24) is 10.2 Å². The highest BCUT2D eigenvalue weighted by molar-refractivity contribution is 5.93. The maximum Gasteiger partial charge on any atom is 0.248 e. The number of anilines is 2. The lowest BCUT2D eigenvalue weighted by atomic mass is 10.1. The Labute approximate surface area is 116 Å². The summed E-state index contributed by atoms with van der Waals surface area (Å²) >= 11 is 0. The van der Waals surface area contributed by atoms with Crippen LogP contribution < -0.4 is 11.1 Å². The first-order chi connectivity index (χ1) is 9.52. The minimum absolute atomic E-state index is 0.359. The molecule has 0 spiro atoms. The second kappa shape index (κ2) is 5.36. The second-order valence-corrected chi connectivity index (χ2v) is 4.32. The van der Waals surface area contributed by atoms with Crippen molar-refractivity contribution in [2.24, 2.45) is 5.73 Å². The fourth-order valence-electron chi connectivity index (χ4n) is 1.72. The number of aryl methyl sites for hydroxylation is 1. The molecule has 1 amide bonds. The maximum atomic E-state index is 11.1. The van der Waals surface area contributed by atoms with E-state index in [1.165, 1.54) is 0 Å². The molecule has 2 rings (SSSR count). The minimum atomic E-state index is -0.514. The molecule has 3 N–H and O–H groups in total. The van der Waals surface area contributed by atoms with Crippen LogP contribution in [0.2, 0.25) is 0 Å². The highest BCUT2D eigenvalue weighted by Gasteiger charge is 2.11. The predicted octanol–water partition coefficient (Wildman–Crippen LogP) is 1.81. The molecule has 1 heterocycles. The lowest BCUT2D eigenvalue weighted by molar-refractivity contribution is 0.100. The van der Waals surface area contributed by atoms with Crippen molar-refractivity contribution in [3.05, 3.63) is 46.6 Å². The number of rotatable bonds is 3. The normalized spacial score (nSPS) is 9.85. The van der Waals surface area contributed by atoms with Crippen LogP contribution in [0.5, 0.6) is 0 Å². The quantitative estimate of drug-likeness (QED) is 0.882. The smallest absolute Gasteiger partial charge is 0.248 e. The van der Waals surface area contributed by atoms with Crippen LogP contribution in [-0.4, -0.2) is 16.1 Å². The first kappa shape index (κ1) is 13.5. The van der Waals surface area contributed by atoms with E-state index in [9.17, 15) is 10.1 Å². The molecule has 0 radical (unpaired) electrons. The number of nitriles is 1. The van der Waals surface area contributed by atoms with Crippen molar-refractivity contribution in [1.29, 1.82) is 5.26 Å². The van der Waals surface area contributed by atoms with E-state index in [-0.39, 0.29) is 0 Å². The van der Waals surface area contributed by atoms with Gasteiger partial charge in [0.1, 0.15) is 11.6 Å². The first-order valence-electron chi connectivity index (χ1n) is 5.93. The summed E-state index contributed by atoms with van der Waals surface area (Å²) in [5.41, 5.74) is 8.14. The summed E-state index contributed by atoms with van der Waals surface area (Å²) in [6, 6.07) is 8.77. The summed E-state index contributed by atoms with van der Waals surface area (Å²) in [5, 5.41) is 20.2. The third-order valence-corrected chi connectivity index (χ3v) is 2.98. The molecule has 20 heavy (non-hydrogen) atoms. The third kappa shape index (κ3) is 2.57. The van der Waals surface area contributed by atoms with Gasteiger partial charge in [0.05, 0.1) is 5.69 Å². The van der Waals surface area contributed by atoms with Crippen molar-refractivity contribution < 1.29 is 4.79 Å². The number of nitrogens with two attached hydrogens (primary N) is 1. The van der Waals surface area contributed by atoms with Crippen LogP contribution in [0.25, 0.3) is 0 Å². The van der Waals surface area contributed by atoms with Gasteiger partial charge >= 0.3 is 0 Å². The molecule has 0 saturated carbocycles. The zero-order valence-corrected chi connectivity index (χ0v) is 11.1. The fourth-order valence-corrected chi connectivity index (χ4v) is 1.72. The number of carbonyl (C=O) groups is 1. The molecule has 6 nitrogen and oxygen atoms in total. The molecule has 0 bridgehead atoms. The number of carbonyl (C=O) groups excluding carboxylic acids is 1. The van der Waals surface area contributed by atoms with Gasteiger partial charge in [0.2, 0.25) is 5.91 Å². The van der Waals surface area contributed by atoms with Gasteiger partial charge in [-0.05, 0) is 37.6 Å². The van der Waals surface area contributed by atoms with E-state index in [0.29, 0.717) is 28.3 Å². The van der Waals surface area contributed by atoms with Crippen molar-refractivity contribution in [2.45, 2.75) is 13.8 Å². The number of hydrogen-bond donors (Lipinski definition) is 2. The van der Waals surface area contributed by atoms with Gasteiger partial charge in [0.25, 0.3) is 0 Å². The number of nitrogens with zero attached hydrogens (tertiary/aromatic N) is 3. The van der Waals surface area contributed by atoms with Crippen LogP contribution in [0.15, 0.2) is 24.3 Å². The average molecular weight is 267 g/mol. The van der Waals surface area contributed by atoms with E-state index < -0.39 is 5.91 Å². The van der Waals surface area contributed by atoms with Crippen LogP contribution in [-0.2, 0) is 0 Å². The van der Waals surface area contributed by atoms with Gasteiger partial charge in [-0.1, -0.05) is 6.07 Å². The minimum Gasteiger partial charge on any atom is -0.366 e. The highest BCUT2D eigenvalue weighted by atomic mass is 16.1. The lowest BCUT2D eigenvalue weighted by Gasteiger charge is -2.10. The van der Waals surface area contributed by atoms with Crippen molar-refractivity contribution >= 4 is 17.4 Å². The maximum absolute atomic E-state index is 11.1. The largest absolute Gasteiger partial charge is 0.366 e. The van der Waals surface area contributed by atoms with Gasteiger partial charge in [0.15, 0.2) is 5.82 Å². The van der Waals surface area contributed by atoms with E-state index >= 15 is 0 Å². The predicted molar refractivity (Wildman–Crippen MR) is 74.5 cm³/mol. The zero-order chi connectivity index (χ0) is 14.7. The molecule has 1 aromatic carbocycles. The molecule has 2 aromatic rings. The number of hydrogen-bond acceptors (Lipinski definition) is 5. The number of nitrogens with one attached hydrogen (secondary N) is 1. The molecule has 0 fully saturated rings. The molecule has 0 saturated heterocycles. The molecular formula is C14H13N5O. The van der Waals surface area contributed by atoms with E-state index in [2.05, 4.69) is 21.6 Å². The standard InChI is InChI=1S/C14H13N5O/c1-8-9(2)18-19-14(12(8)7-15)17-11-5-3-4-10(6-11)13(16)20/h3-6H,1-2H3,(H2,16,20)(H,17,19). The van der Waals surface area contributed by atoms with Crippen LogP contribution in [0.3, 0.4) is 0 Å². The highest BCUT2D eigenvalue weighted by Crippen LogP contribution is 2.22. The number of amides is 1. The molecular weight excluding hydrogens is 254 g/mol. The molecule has 0 unspecified atom stereocenters. The fraction of sp³-hybridized carbons (Fsp3) is 0.143. The Bertz CT molecular complexity index is 718. The Kier molecular flexibility index (Phi) is 3.62. The molecule has 0 atom stereocenters. The van der Waals surface area contributed by atoms with E-state index in [1.807, 2.05) is 6.92 Å². The van der Waals surface area contributed by atoms with E-state index in [0.717, 1.165) is 5.56 Å². The van der Waals surface area contributed by atoms with Crippen molar-refractivity contribution in [3.63, 3.8) is 0 Å². The van der Waals surface area contributed by atoms with E-state index in [4.69, 9.17) is 5.73 Å². The molecule has 100 valence electrons. The van der Waals surface area contributed by atoms with Gasteiger partial charge in [0, 0.05) is 11.3 Å².